The van der Waals surface area contributed by atoms with Gasteiger partial charge in [-0.25, -0.2) is 4.79 Å². The molecule has 0 spiro atoms. The van der Waals surface area contributed by atoms with Crippen molar-refractivity contribution in [3.63, 3.8) is 0 Å². The Morgan fingerprint density at radius 1 is 0.842 bits per heavy atom. The lowest BCUT2D eigenvalue weighted by atomic mass is 10.1. The Morgan fingerprint density at radius 3 is 1.37 bits per heavy atom. The van der Waals surface area contributed by atoms with Crippen molar-refractivity contribution >= 4 is 23.8 Å². The zero-order valence-electron chi connectivity index (χ0n) is 11.9. The molecular weight excluding hydrogens is 250 g/mol. The molecule has 7 nitrogen and oxygen atoms in total. The van der Waals surface area contributed by atoms with Gasteiger partial charge in [0.25, 0.3) is 5.91 Å². The van der Waals surface area contributed by atoms with Crippen molar-refractivity contribution < 1.29 is 19.2 Å². The highest BCUT2D eigenvalue weighted by atomic mass is 16.2. The van der Waals surface area contributed by atoms with Crippen LogP contribution in [0.3, 0.4) is 0 Å². The van der Waals surface area contributed by atoms with Crippen LogP contribution in [0.1, 0.15) is 26.7 Å². The van der Waals surface area contributed by atoms with Crippen molar-refractivity contribution in [2.45, 2.75) is 32.2 Å². The third-order valence-electron chi connectivity index (χ3n) is 3.54. The predicted molar refractivity (Wildman–Crippen MR) is 67.0 cm³/mol. The maximum atomic E-state index is 11.3. The molecule has 2 rings (SSSR count). The fraction of sp³-hybridized carbons (Fsp3) is 0.667. The third-order valence-corrected chi connectivity index (χ3v) is 3.54. The molecule has 7 heteroatoms. The van der Waals surface area contributed by atoms with Crippen LogP contribution in [0.25, 0.3) is 0 Å². The molecule has 0 saturated carbocycles. The summed E-state index contributed by atoms with van der Waals surface area (Å²) in [6.45, 7) is 3.47. The van der Waals surface area contributed by atoms with Crippen LogP contribution in [-0.4, -0.2) is 65.1 Å². The highest BCUT2D eigenvalue weighted by Crippen LogP contribution is 2.23. The van der Waals surface area contributed by atoms with Crippen LogP contribution in [0.15, 0.2) is 0 Å². The van der Waals surface area contributed by atoms with Crippen LogP contribution >= 0.6 is 0 Å². The Kier molecular flexibility index (Phi) is 3.97. The molecule has 0 aliphatic carbocycles. The molecule has 19 heavy (non-hydrogen) atoms. The fourth-order valence-corrected chi connectivity index (χ4v) is 1.79. The molecule has 5 amide bonds. The molecule has 2 saturated heterocycles. The highest BCUT2D eigenvalue weighted by molar-refractivity contribution is 6.06. The number of imide groups is 2. The van der Waals surface area contributed by atoms with Crippen molar-refractivity contribution in [1.82, 2.24) is 14.7 Å². The van der Waals surface area contributed by atoms with Crippen molar-refractivity contribution in [3.05, 3.63) is 0 Å². The van der Waals surface area contributed by atoms with Crippen LogP contribution < -0.4 is 0 Å². The second-order valence-corrected chi connectivity index (χ2v) is 5.11. The Hall–Kier alpha value is -1.92. The number of amides is 5. The first kappa shape index (κ1) is 15.1. The van der Waals surface area contributed by atoms with Crippen molar-refractivity contribution in [2.24, 2.45) is 0 Å². The van der Waals surface area contributed by atoms with E-state index in [1.807, 2.05) is 0 Å². The SMILES string of the molecule is CN1C(=O)CCC1=O.CN1C(=O)N(C)C(C)(C)C1=O. The number of likely N-dealkylation sites (tertiary alicyclic amines) is 1. The number of urea groups is 1. The largest absolute Gasteiger partial charge is 0.327 e. The van der Waals surface area contributed by atoms with E-state index in [0.717, 1.165) is 4.90 Å². The summed E-state index contributed by atoms with van der Waals surface area (Å²) in [5, 5.41) is 0. The Bertz CT molecular complexity index is 428. The first-order valence-electron chi connectivity index (χ1n) is 5.96. The van der Waals surface area contributed by atoms with Gasteiger partial charge in [-0.2, -0.15) is 0 Å². The van der Waals surface area contributed by atoms with Gasteiger partial charge in [0, 0.05) is 34.0 Å². The normalized spacial score (nSPS) is 22.1. The minimum atomic E-state index is -0.675. The van der Waals surface area contributed by atoms with E-state index in [-0.39, 0.29) is 23.8 Å². The van der Waals surface area contributed by atoms with Crippen LogP contribution in [0, 0.1) is 0 Å². The smallest absolute Gasteiger partial charge is 0.313 e. The summed E-state index contributed by atoms with van der Waals surface area (Å²) in [5.74, 6) is -0.269. The van der Waals surface area contributed by atoms with E-state index in [1.54, 1.807) is 20.9 Å². The summed E-state index contributed by atoms with van der Waals surface area (Å²) in [6.07, 6.45) is 0.796. The molecule has 0 aromatic rings. The van der Waals surface area contributed by atoms with Crippen molar-refractivity contribution in [2.75, 3.05) is 21.1 Å². The third kappa shape index (κ3) is 2.59. The number of rotatable bonds is 0. The molecule has 0 radical (unpaired) electrons. The van der Waals surface area contributed by atoms with Gasteiger partial charge in [0.15, 0.2) is 0 Å². The average Bonchev–Trinajstić information content (AvgIpc) is 2.72. The lowest BCUT2D eigenvalue weighted by molar-refractivity contribution is -0.136. The molecule has 2 fully saturated rings. The van der Waals surface area contributed by atoms with Crippen LogP contribution in [0.5, 0.6) is 0 Å². The van der Waals surface area contributed by atoms with Crippen molar-refractivity contribution in [1.29, 1.82) is 0 Å². The van der Waals surface area contributed by atoms with E-state index in [1.165, 1.54) is 23.9 Å². The summed E-state index contributed by atoms with van der Waals surface area (Å²) in [7, 11) is 4.64. The quantitative estimate of drug-likeness (QED) is 0.460. The second-order valence-electron chi connectivity index (χ2n) is 5.11. The Labute approximate surface area is 112 Å². The summed E-state index contributed by atoms with van der Waals surface area (Å²) in [4.78, 5) is 47.2. The van der Waals surface area contributed by atoms with E-state index in [9.17, 15) is 19.2 Å². The van der Waals surface area contributed by atoms with E-state index in [2.05, 4.69) is 0 Å². The summed E-state index contributed by atoms with van der Waals surface area (Å²) < 4.78 is 0. The van der Waals surface area contributed by atoms with Crippen molar-refractivity contribution in [3.8, 4) is 0 Å². The first-order valence-corrected chi connectivity index (χ1v) is 5.96. The van der Waals surface area contributed by atoms with Gasteiger partial charge in [0.05, 0.1) is 0 Å². The molecule has 0 aromatic heterocycles. The highest BCUT2D eigenvalue weighted by Gasteiger charge is 2.47. The van der Waals surface area contributed by atoms with Gasteiger partial charge in [-0.1, -0.05) is 0 Å². The predicted octanol–water partition coefficient (Wildman–Crippen LogP) is 0.0540. The van der Waals surface area contributed by atoms with Gasteiger partial charge in [0.1, 0.15) is 5.54 Å². The van der Waals surface area contributed by atoms with Gasteiger partial charge in [-0.15, -0.1) is 0 Å². The summed E-state index contributed by atoms with van der Waals surface area (Å²) >= 11 is 0. The molecule has 2 heterocycles. The second kappa shape index (κ2) is 4.99. The average molecular weight is 269 g/mol. The lowest BCUT2D eigenvalue weighted by Crippen LogP contribution is -2.41. The topological polar surface area (TPSA) is 78.0 Å². The van der Waals surface area contributed by atoms with Gasteiger partial charge >= 0.3 is 6.03 Å². The number of hydrogen-bond donors (Lipinski definition) is 0. The number of nitrogens with zero attached hydrogens (tertiary/aromatic N) is 3. The molecular formula is C12H19N3O4. The van der Waals surface area contributed by atoms with E-state index in [4.69, 9.17) is 0 Å². The molecule has 0 aromatic carbocycles. The monoisotopic (exact) mass is 269 g/mol. The fourth-order valence-electron chi connectivity index (χ4n) is 1.79. The van der Waals surface area contributed by atoms with Gasteiger partial charge < -0.3 is 4.90 Å². The van der Waals surface area contributed by atoms with Gasteiger partial charge in [0.2, 0.25) is 11.8 Å². The minimum absolute atomic E-state index is 0.0602. The number of carbonyl (C=O) groups is 4. The Morgan fingerprint density at radius 2 is 1.26 bits per heavy atom. The number of likely N-dealkylation sites (N-methyl/N-ethyl adjacent to an activating group) is 2. The first-order chi connectivity index (χ1) is 8.60. The van der Waals surface area contributed by atoms with Gasteiger partial charge in [-0.05, 0) is 13.8 Å². The Balaban J connectivity index is 0.000000200. The molecule has 0 atom stereocenters. The maximum Gasteiger partial charge on any atom is 0.327 e. The zero-order chi connectivity index (χ0) is 15.0. The zero-order valence-corrected chi connectivity index (χ0v) is 11.9. The number of carbonyl (C=O) groups excluding carboxylic acids is 4. The standard InChI is InChI=1S/C7H12N2O2.C5H7NO2/c1-7(2)5(10)8(3)6(11)9(7)4;1-6-4(7)2-3-5(6)8/h1-4H3;2-3H2,1H3. The summed E-state index contributed by atoms with van der Waals surface area (Å²) in [6, 6.07) is -0.236. The molecule has 2 aliphatic rings. The number of hydrogen-bond acceptors (Lipinski definition) is 4. The van der Waals surface area contributed by atoms with Crippen LogP contribution in [0.4, 0.5) is 4.79 Å². The maximum absolute atomic E-state index is 11.3. The molecule has 0 unspecified atom stereocenters. The van der Waals surface area contributed by atoms with Crippen LogP contribution in [-0.2, 0) is 14.4 Å². The molecule has 2 aliphatic heterocycles. The molecule has 0 bridgehead atoms. The minimum Gasteiger partial charge on any atom is -0.313 e. The van der Waals surface area contributed by atoms with E-state index >= 15 is 0 Å². The van der Waals surface area contributed by atoms with Crippen LogP contribution in [0.2, 0.25) is 0 Å². The van der Waals surface area contributed by atoms with E-state index in [0.29, 0.717) is 12.8 Å². The summed E-state index contributed by atoms with van der Waals surface area (Å²) in [5.41, 5.74) is -0.675. The molecule has 0 N–H and O–H groups in total. The molecule has 106 valence electrons. The van der Waals surface area contributed by atoms with Gasteiger partial charge in [-0.3, -0.25) is 24.2 Å². The van der Waals surface area contributed by atoms with E-state index < -0.39 is 5.54 Å². The lowest BCUT2D eigenvalue weighted by Gasteiger charge is -2.22.